The molecule has 0 aliphatic carbocycles. The van der Waals surface area contributed by atoms with Crippen molar-refractivity contribution in [2.75, 3.05) is 26.6 Å². The van der Waals surface area contributed by atoms with Crippen LogP contribution >= 0.6 is 0 Å². The number of hydrogen-bond donors (Lipinski definition) is 1. The van der Waals surface area contributed by atoms with E-state index in [4.69, 9.17) is 14.2 Å². The zero-order chi connectivity index (χ0) is 19.2. The third-order valence-corrected chi connectivity index (χ3v) is 4.21. The van der Waals surface area contributed by atoms with Gasteiger partial charge < -0.3 is 19.5 Å². The summed E-state index contributed by atoms with van der Waals surface area (Å²) in [5.41, 5.74) is 3.08. The van der Waals surface area contributed by atoms with Gasteiger partial charge in [0, 0.05) is 16.8 Å². The molecule has 0 bridgehead atoms. The number of nitrogens with one attached hydrogen (secondary N) is 1. The molecule has 0 saturated heterocycles. The van der Waals surface area contributed by atoms with Crippen LogP contribution in [0.5, 0.6) is 17.2 Å². The highest BCUT2D eigenvalue weighted by molar-refractivity contribution is 6.04. The molecule has 0 fully saturated rings. The summed E-state index contributed by atoms with van der Waals surface area (Å²) in [6, 6.07) is 20.2. The lowest BCUT2D eigenvalue weighted by Crippen LogP contribution is -2.11. The maximum atomic E-state index is 12.5. The lowest BCUT2D eigenvalue weighted by Gasteiger charge is -2.13. The van der Waals surface area contributed by atoms with Crippen molar-refractivity contribution in [3.05, 3.63) is 72.3 Å². The van der Waals surface area contributed by atoms with E-state index in [1.807, 2.05) is 42.5 Å². The summed E-state index contributed by atoms with van der Waals surface area (Å²) in [4.78, 5) is 12.5. The summed E-state index contributed by atoms with van der Waals surface area (Å²) >= 11 is 0. The second kappa shape index (κ2) is 8.27. The molecular formula is C22H21NO4. The highest BCUT2D eigenvalue weighted by atomic mass is 16.5. The van der Waals surface area contributed by atoms with Crippen LogP contribution in [0.25, 0.3) is 11.1 Å². The van der Waals surface area contributed by atoms with Crippen LogP contribution in [-0.2, 0) is 0 Å². The van der Waals surface area contributed by atoms with Gasteiger partial charge in [-0.2, -0.15) is 0 Å². The van der Waals surface area contributed by atoms with Crippen LogP contribution in [0, 0.1) is 0 Å². The first-order valence-corrected chi connectivity index (χ1v) is 8.42. The van der Waals surface area contributed by atoms with Crippen LogP contribution in [-0.4, -0.2) is 27.2 Å². The molecule has 0 unspecified atom stereocenters. The Morgan fingerprint density at radius 1 is 0.741 bits per heavy atom. The van der Waals surface area contributed by atoms with Gasteiger partial charge in [-0.25, -0.2) is 0 Å². The van der Waals surface area contributed by atoms with E-state index >= 15 is 0 Å². The van der Waals surface area contributed by atoms with Gasteiger partial charge in [0.05, 0.1) is 21.3 Å². The van der Waals surface area contributed by atoms with E-state index in [0.717, 1.165) is 22.6 Å². The quantitative estimate of drug-likeness (QED) is 0.694. The van der Waals surface area contributed by atoms with Crippen molar-refractivity contribution in [1.29, 1.82) is 0 Å². The number of methoxy groups -OCH3 is 3. The first kappa shape index (κ1) is 18.3. The van der Waals surface area contributed by atoms with Crippen molar-refractivity contribution in [3.8, 4) is 28.4 Å². The zero-order valence-corrected chi connectivity index (χ0v) is 15.5. The molecule has 27 heavy (non-hydrogen) atoms. The molecule has 3 rings (SSSR count). The van der Waals surface area contributed by atoms with Gasteiger partial charge in [-0.05, 0) is 60.2 Å². The van der Waals surface area contributed by atoms with Gasteiger partial charge in [0.25, 0.3) is 5.91 Å². The van der Waals surface area contributed by atoms with Crippen LogP contribution in [0.4, 0.5) is 5.69 Å². The first-order valence-electron chi connectivity index (χ1n) is 8.42. The average molecular weight is 363 g/mol. The molecule has 5 heteroatoms. The molecule has 5 nitrogen and oxygen atoms in total. The second-order valence-electron chi connectivity index (χ2n) is 5.83. The van der Waals surface area contributed by atoms with Gasteiger partial charge in [-0.3, -0.25) is 4.79 Å². The number of hydrogen-bond acceptors (Lipinski definition) is 4. The molecule has 1 amide bonds. The fourth-order valence-electron chi connectivity index (χ4n) is 2.73. The first-order chi connectivity index (χ1) is 13.1. The van der Waals surface area contributed by atoms with Crippen molar-refractivity contribution in [1.82, 2.24) is 0 Å². The largest absolute Gasteiger partial charge is 0.497 e. The Bertz CT molecular complexity index is 918. The van der Waals surface area contributed by atoms with Gasteiger partial charge >= 0.3 is 0 Å². The maximum Gasteiger partial charge on any atom is 0.255 e. The fourth-order valence-corrected chi connectivity index (χ4v) is 2.73. The van der Waals surface area contributed by atoms with Crippen molar-refractivity contribution >= 4 is 11.6 Å². The fraction of sp³-hybridized carbons (Fsp3) is 0.136. The maximum absolute atomic E-state index is 12.5. The number of carbonyl (C=O) groups is 1. The molecule has 0 heterocycles. The number of benzene rings is 3. The molecule has 0 atom stereocenters. The van der Waals surface area contributed by atoms with Crippen molar-refractivity contribution in [3.63, 3.8) is 0 Å². The van der Waals surface area contributed by atoms with Gasteiger partial charge in [0.15, 0.2) is 0 Å². The zero-order valence-electron chi connectivity index (χ0n) is 15.5. The second-order valence-corrected chi connectivity index (χ2v) is 5.83. The Morgan fingerprint density at radius 3 is 1.89 bits per heavy atom. The molecule has 3 aromatic rings. The van der Waals surface area contributed by atoms with E-state index in [2.05, 4.69) is 5.32 Å². The normalized spacial score (nSPS) is 10.2. The predicted octanol–water partition coefficient (Wildman–Crippen LogP) is 4.63. The minimum absolute atomic E-state index is 0.191. The summed E-state index contributed by atoms with van der Waals surface area (Å²) in [7, 11) is 4.84. The molecule has 1 N–H and O–H groups in total. The summed E-state index contributed by atoms with van der Waals surface area (Å²) in [6.45, 7) is 0. The Labute approximate surface area is 158 Å². The number of amides is 1. The third-order valence-electron chi connectivity index (χ3n) is 4.21. The van der Waals surface area contributed by atoms with E-state index in [9.17, 15) is 4.79 Å². The minimum atomic E-state index is -0.191. The summed E-state index contributed by atoms with van der Waals surface area (Å²) in [5.74, 6) is 2.02. The Kier molecular flexibility index (Phi) is 5.61. The van der Waals surface area contributed by atoms with E-state index in [1.54, 1.807) is 45.6 Å². The average Bonchev–Trinajstić information content (AvgIpc) is 2.73. The standard InChI is InChI=1S/C22H21NO4/c1-25-18-9-4-15(5-10-18)20-14-17(8-13-21(20)27-3)23-22(24)16-6-11-19(26-2)12-7-16/h4-14H,1-3H3,(H,23,24). The molecule has 0 saturated carbocycles. The van der Waals surface area contributed by atoms with E-state index in [0.29, 0.717) is 17.0 Å². The van der Waals surface area contributed by atoms with Crippen molar-refractivity contribution in [2.45, 2.75) is 0 Å². The van der Waals surface area contributed by atoms with Crippen LogP contribution in [0.3, 0.4) is 0 Å². The van der Waals surface area contributed by atoms with E-state index < -0.39 is 0 Å². The number of carbonyl (C=O) groups excluding carboxylic acids is 1. The van der Waals surface area contributed by atoms with Gasteiger partial charge in [0.1, 0.15) is 17.2 Å². The van der Waals surface area contributed by atoms with Crippen LogP contribution in [0.1, 0.15) is 10.4 Å². The lowest BCUT2D eigenvalue weighted by atomic mass is 10.0. The van der Waals surface area contributed by atoms with Crippen molar-refractivity contribution < 1.29 is 19.0 Å². The molecule has 0 spiro atoms. The van der Waals surface area contributed by atoms with Crippen molar-refractivity contribution in [2.24, 2.45) is 0 Å². The molecule has 0 aliphatic heterocycles. The Morgan fingerprint density at radius 2 is 1.33 bits per heavy atom. The van der Waals surface area contributed by atoms with Gasteiger partial charge in [-0.15, -0.1) is 0 Å². The topological polar surface area (TPSA) is 56.8 Å². The highest BCUT2D eigenvalue weighted by Gasteiger charge is 2.11. The highest BCUT2D eigenvalue weighted by Crippen LogP contribution is 2.33. The number of ether oxygens (including phenoxy) is 3. The monoisotopic (exact) mass is 363 g/mol. The smallest absolute Gasteiger partial charge is 0.255 e. The SMILES string of the molecule is COc1ccc(C(=O)Nc2ccc(OC)c(-c3ccc(OC)cc3)c2)cc1. The predicted molar refractivity (Wildman–Crippen MR) is 106 cm³/mol. The molecular weight excluding hydrogens is 342 g/mol. The summed E-state index contributed by atoms with van der Waals surface area (Å²) in [5, 5.41) is 2.92. The third kappa shape index (κ3) is 4.20. The summed E-state index contributed by atoms with van der Waals surface area (Å²) < 4.78 is 15.8. The van der Waals surface area contributed by atoms with Crippen LogP contribution in [0.15, 0.2) is 66.7 Å². The van der Waals surface area contributed by atoms with Crippen LogP contribution < -0.4 is 19.5 Å². The minimum Gasteiger partial charge on any atom is -0.497 e. The molecule has 138 valence electrons. The molecule has 0 radical (unpaired) electrons. The van der Waals surface area contributed by atoms with Gasteiger partial charge in [-0.1, -0.05) is 12.1 Å². The van der Waals surface area contributed by atoms with E-state index in [1.165, 1.54) is 0 Å². The number of rotatable bonds is 6. The molecule has 0 aromatic heterocycles. The molecule has 3 aromatic carbocycles. The Hall–Kier alpha value is -3.47. The Balaban J connectivity index is 1.86. The van der Waals surface area contributed by atoms with Gasteiger partial charge in [0.2, 0.25) is 0 Å². The molecule has 0 aliphatic rings. The number of anilines is 1. The summed E-state index contributed by atoms with van der Waals surface area (Å²) in [6.07, 6.45) is 0. The lowest BCUT2D eigenvalue weighted by molar-refractivity contribution is 0.102. The van der Waals surface area contributed by atoms with Crippen LogP contribution in [0.2, 0.25) is 0 Å². The van der Waals surface area contributed by atoms with E-state index in [-0.39, 0.29) is 5.91 Å².